The van der Waals surface area contributed by atoms with E-state index in [1.54, 1.807) is 48.7 Å². The fourth-order valence-corrected chi connectivity index (χ4v) is 2.94. The van der Waals surface area contributed by atoms with E-state index in [-0.39, 0.29) is 10.6 Å². The van der Waals surface area contributed by atoms with Crippen molar-refractivity contribution < 1.29 is 22.1 Å². The van der Waals surface area contributed by atoms with E-state index >= 15 is 0 Å². The van der Waals surface area contributed by atoms with Crippen LogP contribution >= 0.6 is 0 Å². The summed E-state index contributed by atoms with van der Waals surface area (Å²) in [6, 6.07) is 17.5. The van der Waals surface area contributed by atoms with Crippen molar-refractivity contribution in [2.75, 3.05) is 7.11 Å². The monoisotopic (exact) mass is 357 g/mol. The highest BCUT2D eigenvalue weighted by Crippen LogP contribution is 2.25. The van der Waals surface area contributed by atoms with Crippen molar-refractivity contribution in [3.63, 3.8) is 0 Å². The topological polar surface area (TPSA) is 74.7 Å². The van der Waals surface area contributed by atoms with Crippen molar-refractivity contribution in [3.05, 3.63) is 72.9 Å². The number of aromatic nitrogens is 1. The highest BCUT2D eigenvalue weighted by molar-refractivity contribution is 7.87. The Hall–Kier alpha value is -3.06. The van der Waals surface area contributed by atoms with Gasteiger partial charge in [-0.2, -0.15) is 8.42 Å². The quantitative estimate of drug-likeness (QED) is 0.627. The Morgan fingerprint density at radius 3 is 2.04 bits per heavy atom. The van der Waals surface area contributed by atoms with Gasteiger partial charge in [-0.3, -0.25) is 0 Å². The second kappa shape index (κ2) is 7.23. The molecule has 25 heavy (non-hydrogen) atoms. The summed E-state index contributed by atoms with van der Waals surface area (Å²) < 4.78 is 40.2. The number of ether oxygens (including phenoxy) is 2. The summed E-state index contributed by atoms with van der Waals surface area (Å²) in [4.78, 5) is 4.09. The summed E-state index contributed by atoms with van der Waals surface area (Å²) in [7, 11) is -2.41. The summed E-state index contributed by atoms with van der Waals surface area (Å²) in [6.45, 7) is 0. The van der Waals surface area contributed by atoms with Crippen molar-refractivity contribution in [3.8, 4) is 23.1 Å². The normalized spacial score (nSPS) is 10.9. The summed E-state index contributed by atoms with van der Waals surface area (Å²) in [6.07, 6.45) is 1.62. The molecule has 128 valence electrons. The van der Waals surface area contributed by atoms with Gasteiger partial charge in [0.2, 0.25) is 5.88 Å². The first-order valence-electron chi connectivity index (χ1n) is 7.34. The van der Waals surface area contributed by atoms with Crippen LogP contribution in [0.3, 0.4) is 0 Å². The molecule has 0 saturated heterocycles. The van der Waals surface area contributed by atoms with E-state index in [4.69, 9.17) is 13.7 Å². The average molecular weight is 357 g/mol. The van der Waals surface area contributed by atoms with Gasteiger partial charge in [0, 0.05) is 12.3 Å². The fraction of sp³-hybridized carbons (Fsp3) is 0.0556. The van der Waals surface area contributed by atoms with Gasteiger partial charge in [0.15, 0.2) is 0 Å². The maximum absolute atomic E-state index is 12.3. The van der Waals surface area contributed by atoms with Crippen LogP contribution < -0.4 is 13.7 Å². The van der Waals surface area contributed by atoms with Crippen molar-refractivity contribution >= 4 is 10.1 Å². The number of nitrogens with zero attached hydrogens (tertiary/aromatic N) is 1. The molecule has 0 fully saturated rings. The Kier molecular flexibility index (Phi) is 4.85. The molecule has 1 aromatic heterocycles. The van der Waals surface area contributed by atoms with E-state index in [9.17, 15) is 8.42 Å². The summed E-state index contributed by atoms with van der Waals surface area (Å²) in [5.41, 5.74) is 0. The Bertz CT molecular complexity index is 923. The Morgan fingerprint density at radius 1 is 0.800 bits per heavy atom. The lowest BCUT2D eigenvalue weighted by Gasteiger charge is -2.09. The molecule has 0 aliphatic carbocycles. The number of methoxy groups -OCH3 is 1. The molecule has 6 nitrogen and oxygen atoms in total. The molecule has 3 rings (SSSR count). The molecular weight excluding hydrogens is 342 g/mol. The van der Waals surface area contributed by atoms with Crippen molar-refractivity contribution in [1.29, 1.82) is 0 Å². The predicted octanol–water partition coefficient (Wildman–Crippen LogP) is 3.65. The molecule has 1 heterocycles. The van der Waals surface area contributed by atoms with E-state index < -0.39 is 10.1 Å². The standard InChI is InChI=1S/C18H15NO5S/c1-22-14-9-11-17(12-10-14)25(20,21)24-16-7-5-15(6-8-16)23-18-4-2-3-13-19-18/h2-13H,1H3. The first kappa shape index (κ1) is 16.8. The molecule has 0 saturated carbocycles. The highest BCUT2D eigenvalue weighted by Gasteiger charge is 2.16. The summed E-state index contributed by atoms with van der Waals surface area (Å²) in [5, 5.41) is 0. The Balaban J connectivity index is 1.71. The molecular formula is C18H15NO5S. The van der Waals surface area contributed by atoms with Crippen LogP contribution in [0, 0.1) is 0 Å². The van der Waals surface area contributed by atoms with Crippen LogP contribution in [0.2, 0.25) is 0 Å². The average Bonchev–Trinajstić information content (AvgIpc) is 2.64. The minimum atomic E-state index is -3.92. The van der Waals surface area contributed by atoms with Gasteiger partial charge in [0.1, 0.15) is 22.1 Å². The van der Waals surface area contributed by atoms with Gasteiger partial charge < -0.3 is 13.7 Å². The van der Waals surface area contributed by atoms with E-state index in [1.165, 1.54) is 31.4 Å². The zero-order valence-corrected chi connectivity index (χ0v) is 14.1. The molecule has 7 heteroatoms. The third-order valence-corrected chi connectivity index (χ3v) is 4.50. The molecule has 2 aromatic carbocycles. The van der Waals surface area contributed by atoms with Crippen LogP contribution in [0.1, 0.15) is 0 Å². The Labute approximate surface area is 145 Å². The fourth-order valence-electron chi connectivity index (χ4n) is 2.01. The van der Waals surface area contributed by atoms with Crippen molar-refractivity contribution in [1.82, 2.24) is 4.98 Å². The maximum Gasteiger partial charge on any atom is 0.339 e. The van der Waals surface area contributed by atoms with E-state index in [0.717, 1.165) is 0 Å². The molecule has 0 bridgehead atoms. The second-order valence-corrected chi connectivity index (χ2v) is 6.50. The van der Waals surface area contributed by atoms with Gasteiger partial charge in [0.25, 0.3) is 0 Å². The molecule has 3 aromatic rings. The van der Waals surface area contributed by atoms with E-state index in [2.05, 4.69) is 4.98 Å². The number of benzene rings is 2. The van der Waals surface area contributed by atoms with Gasteiger partial charge in [-0.1, -0.05) is 6.07 Å². The molecule has 0 unspecified atom stereocenters. The van der Waals surface area contributed by atoms with Gasteiger partial charge in [-0.15, -0.1) is 0 Å². The number of pyridine rings is 1. The van der Waals surface area contributed by atoms with Crippen molar-refractivity contribution in [2.24, 2.45) is 0 Å². The van der Waals surface area contributed by atoms with Crippen molar-refractivity contribution in [2.45, 2.75) is 4.90 Å². The largest absolute Gasteiger partial charge is 0.497 e. The lowest BCUT2D eigenvalue weighted by Crippen LogP contribution is -2.09. The van der Waals surface area contributed by atoms with Gasteiger partial charge >= 0.3 is 10.1 Å². The van der Waals surface area contributed by atoms with Gasteiger partial charge in [-0.25, -0.2) is 4.98 Å². The maximum atomic E-state index is 12.3. The zero-order chi connectivity index (χ0) is 17.7. The Morgan fingerprint density at radius 2 is 1.44 bits per heavy atom. The molecule has 0 aliphatic heterocycles. The highest BCUT2D eigenvalue weighted by atomic mass is 32.2. The lowest BCUT2D eigenvalue weighted by molar-refractivity contribution is 0.414. The molecule has 0 atom stereocenters. The van der Waals surface area contributed by atoms with E-state index in [0.29, 0.717) is 17.4 Å². The smallest absolute Gasteiger partial charge is 0.339 e. The third-order valence-electron chi connectivity index (χ3n) is 3.24. The predicted molar refractivity (Wildman–Crippen MR) is 91.6 cm³/mol. The third kappa shape index (κ3) is 4.27. The first-order valence-corrected chi connectivity index (χ1v) is 8.75. The van der Waals surface area contributed by atoms with Gasteiger partial charge in [0.05, 0.1) is 7.11 Å². The second-order valence-electron chi connectivity index (χ2n) is 4.95. The number of hydrogen-bond donors (Lipinski definition) is 0. The minimum absolute atomic E-state index is 0.0436. The summed E-state index contributed by atoms with van der Waals surface area (Å²) in [5.74, 6) is 1.72. The van der Waals surface area contributed by atoms with Crippen LogP contribution in [-0.4, -0.2) is 20.5 Å². The molecule has 0 spiro atoms. The molecule has 0 amide bonds. The van der Waals surface area contributed by atoms with Crippen LogP contribution in [0.5, 0.6) is 23.1 Å². The van der Waals surface area contributed by atoms with Crippen LogP contribution in [0.15, 0.2) is 77.8 Å². The zero-order valence-electron chi connectivity index (χ0n) is 13.3. The minimum Gasteiger partial charge on any atom is -0.497 e. The van der Waals surface area contributed by atoms with E-state index in [1.807, 2.05) is 0 Å². The molecule has 0 N–H and O–H groups in total. The molecule has 0 aliphatic rings. The SMILES string of the molecule is COc1ccc(S(=O)(=O)Oc2ccc(Oc3ccccn3)cc2)cc1. The summed E-state index contributed by atoms with van der Waals surface area (Å²) >= 11 is 0. The number of hydrogen-bond acceptors (Lipinski definition) is 6. The van der Waals surface area contributed by atoms with Crippen LogP contribution in [0.4, 0.5) is 0 Å². The van der Waals surface area contributed by atoms with Crippen LogP contribution in [0.25, 0.3) is 0 Å². The first-order chi connectivity index (χ1) is 12.1. The lowest BCUT2D eigenvalue weighted by atomic mass is 10.3. The molecule has 0 radical (unpaired) electrons. The number of rotatable bonds is 6. The van der Waals surface area contributed by atoms with Gasteiger partial charge in [-0.05, 0) is 54.6 Å². The van der Waals surface area contributed by atoms with Crippen LogP contribution in [-0.2, 0) is 10.1 Å².